The molecule has 158 valence electrons. The number of hydrogen-bond donors (Lipinski definition) is 0. The van der Waals surface area contributed by atoms with Gasteiger partial charge in [0.2, 0.25) is 0 Å². The van der Waals surface area contributed by atoms with Gasteiger partial charge in [0.05, 0.1) is 22.1 Å². The summed E-state index contributed by atoms with van der Waals surface area (Å²) in [6.07, 6.45) is 7.20. The number of rotatable bonds is 7. The Kier molecular flexibility index (Phi) is 6.95. The van der Waals surface area contributed by atoms with Crippen LogP contribution in [0.2, 0.25) is 0 Å². The quantitative estimate of drug-likeness (QED) is 0.381. The van der Waals surface area contributed by atoms with Crippen molar-refractivity contribution in [2.45, 2.75) is 40.2 Å². The molecule has 4 rings (SSSR count). The maximum atomic E-state index is 13.4. The number of carbonyl (C=O) groups excluding carboxylic acids is 1. The van der Waals surface area contributed by atoms with Crippen LogP contribution in [-0.4, -0.2) is 27.0 Å². The van der Waals surface area contributed by atoms with Gasteiger partial charge >= 0.3 is 0 Å². The molecule has 0 radical (unpaired) electrons. The van der Waals surface area contributed by atoms with Crippen LogP contribution >= 0.6 is 23.7 Å². The van der Waals surface area contributed by atoms with Crippen LogP contribution in [-0.2, 0) is 13.0 Å². The van der Waals surface area contributed by atoms with E-state index >= 15 is 0 Å². The first kappa shape index (κ1) is 22.1. The monoisotopic (exact) mass is 444 g/mol. The highest BCUT2D eigenvalue weighted by Crippen LogP contribution is 2.32. The van der Waals surface area contributed by atoms with Crippen molar-refractivity contribution in [1.82, 2.24) is 14.5 Å². The first-order valence-corrected chi connectivity index (χ1v) is 10.6. The lowest BCUT2D eigenvalue weighted by molar-refractivity contribution is 0.0985. The summed E-state index contributed by atoms with van der Waals surface area (Å²) in [5.41, 5.74) is 2.79. The molecule has 3 heterocycles. The van der Waals surface area contributed by atoms with Crippen LogP contribution in [0, 0.1) is 13.8 Å². The molecule has 0 saturated heterocycles. The van der Waals surface area contributed by atoms with E-state index in [-0.39, 0.29) is 18.3 Å². The number of carbonyl (C=O) groups is 1. The number of imidazole rings is 1. The van der Waals surface area contributed by atoms with Crippen LogP contribution in [0.4, 0.5) is 5.13 Å². The largest absolute Gasteiger partial charge is 0.466 e. The average molecular weight is 445 g/mol. The van der Waals surface area contributed by atoms with Gasteiger partial charge in [0.15, 0.2) is 5.13 Å². The fourth-order valence-corrected chi connectivity index (χ4v) is 4.54. The highest BCUT2D eigenvalue weighted by atomic mass is 35.5. The molecule has 8 heteroatoms. The summed E-state index contributed by atoms with van der Waals surface area (Å²) in [5.74, 6) is 1.31. The standard InChI is InChI=1S/C22H24N4O2S.ClH/c1-4-17-7-5-8-19-20(17)24-22(29-19)26(11-6-10-25-12-9-23-14-25)21(27)18-13-15(2)28-16(18)3;/h5,7-9,12-14H,4,6,10-11H2,1-3H3;1H. The summed E-state index contributed by atoms with van der Waals surface area (Å²) >= 11 is 1.56. The van der Waals surface area contributed by atoms with E-state index in [1.165, 1.54) is 5.56 Å². The van der Waals surface area contributed by atoms with Crippen molar-refractivity contribution < 1.29 is 9.21 Å². The first-order valence-electron chi connectivity index (χ1n) is 9.80. The molecule has 1 aromatic carbocycles. The van der Waals surface area contributed by atoms with Gasteiger partial charge in [-0.2, -0.15) is 0 Å². The summed E-state index contributed by atoms with van der Waals surface area (Å²) in [6.45, 7) is 7.18. The van der Waals surface area contributed by atoms with Gasteiger partial charge in [-0.15, -0.1) is 12.4 Å². The molecule has 3 aromatic heterocycles. The fraction of sp³-hybridized carbons (Fsp3) is 0.318. The number of fused-ring (bicyclic) bond motifs is 1. The van der Waals surface area contributed by atoms with Crippen LogP contribution < -0.4 is 4.90 Å². The molecule has 0 aliphatic rings. The number of halogens is 1. The van der Waals surface area contributed by atoms with Crippen LogP contribution in [0.5, 0.6) is 0 Å². The first-order chi connectivity index (χ1) is 14.1. The zero-order valence-corrected chi connectivity index (χ0v) is 18.9. The number of benzene rings is 1. The number of anilines is 1. The molecule has 0 atom stereocenters. The Morgan fingerprint density at radius 3 is 2.80 bits per heavy atom. The fourth-order valence-electron chi connectivity index (χ4n) is 3.50. The number of hydrogen-bond acceptors (Lipinski definition) is 5. The maximum absolute atomic E-state index is 13.4. The summed E-state index contributed by atoms with van der Waals surface area (Å²) in [7, 11) is 0. The Balaban J connectivity index is 0.00000256. The second kappa shape index (κ2) is 9.45. The number of thiazole rings is 1. The molecule has 1 amide bonds. The molecule has 0 bridgehead atoms. The minimum absolute atomic E-state index is 0. The number of amides is 1. The van der Waals surface area contributed by atoms with Gasteiger partial charge < -0.3 is 8.98 Å². The Morgan fingerprint density at radius 2 is 2.13 bits per heavy atom. The summed E-state index contributed by atoms with van der Waals surface area (Å²) in [4.78, 5) is 24.1. The van der Waals surface area contributed by atoms with E-state index in [2.05, 4.69) is 30.1 Å². The lowest BCUT2D eigenvalue weighted by Gasteiger charge is -2.19. The van der Waals surface area contributed by atoms with E-state index in [0.29, 0.717) is 17.9 Å². The second-order valence-corrected chi connectivity index (χ2v) is 8.06. The van der Waals surface area contributed by atoms with Crippen molar-refractivity contribution in [3.63, 3.8) is 0 Å². The van der Waals surface area contributed by atoms with Crippen molar-refractivity contribution in [1.29, 1.82) is 0 Å². The lowest BCUT2D eigenvalue weighted by Crippen LogP contribution is -2.32. The number of aryl methyl sites for hydroxylation is 4. The molecule has 0 unspecified atom stereocenters. The molecule has 0 saturated carbocycles. The zero-order chi connectivity index (χ0) is 20.4. The Bertz CT molecular complexity index is 1130. The summed E-state index contributed by atoms with van der Waals surface area (Å²) in [5, 5.41) is 0.731. The van der Waals surface area contributed by atoms with Gasteiger partial charge in [-0.05, 0) is 44.4 Å². The predicted molar refractivity (Wildman–Crippen MR) is 123 cm³/mol. The van der Waals surface area contributed by atoms with Crippen molar-refractivity contribution in [3.8, 4) is 0 Å². The van der Waals surface area contributed by atoms with Gasteiger partial charge in [0.1, 0.15) is 11.5 Å². The third-order valence-electron chi connectivity index (χ3n) is 4.98. The summed E-state index contributed by atoms with van der Waals surface area (Å²) in [6, 6.07) is 8.03. The van der Waals surface area contributed by atoms with Crippen molar-refractivity contribution in [3.05, 3.63) is 65.6 Å². The zero-order valence-electron chi connectivity index (χ0n) is 17.3. The highest BCUT2D eigenvalue weighted by molar-refractivity contribution is 7.22. The van der Waals surface area contributed by atoms with E-state index in [9.17, 15) is 4.79 Å². The van der Waals surface area contributed by atoms with E-state index in [4.69, 9.17) is 9.40 Å². The molecule has 30 heavy (non-hydrogen) atoms. The third kappa shape index (κ3) is 4.42. The van der Waals surface area contributed by atoms with Gasteiger partial charge in [-0.25, -0.2) is 9.97 Å². The summed E-state index contributed by atoms with van der Waals surface area (Å²) < 4.78 is 8.72. The molecule has 0 fully saturated rings. The smallest absolute Gasteiger partial charge is 0.263 e. The number of furan rings is 1. The van der Waals surface area contributed by atoms with Crippen molar-refractivity contribution in [2.24, 2.45) is 0 Å². The second-order valence-electron chi connectivity index (χ2n) is 7.05. The Labute approximate surface area is 186 Å². The number of para-hydroxylation sites is 1. The molecular formula is C22H25ClN4O2S. The van der Waals surface area contributed by atoms with E-state index in [0.717, 1.165) is 40.5 Å². The number of aromatic nitrogens is 3. The minimum Gasteiger partial charge on any atom is -0.466 e. The molecule has 0 aliphatic heterocycles. The molecule has 0 N–H and O–H groups in total. The van der Waals surface area contributed by atoms with E-state index < -0.39 is 0 Å². The van der Waals surface area contributed by atoms with Gasteiger partial charge in [-0.1, -0.05) is 30.4 Å². The SMILES string of the molecule is CCc1cccc2sc(N(CCCn3ccnc3)C(=O)c3cc(C)oc3C)nc12.Cl. The Hall–Kier alpha value is -2.64. The topological polar surface area (TPSA) is 64.2 Å². The lowest BCUT2D eigenvalue weighted by atomic mass is 10.1. The van der Waals surface area contributed by atoms with Crippen LogP contribution in [0.25, 0.3) is 10.2 Å². The van der Waals surface area contributed by atoms with Crippen molar-refractivity contribution in [2.75, 3.05) is 11.4 Å². The maximum Gasteiger partial charge on any atom is 0.263 e. The molecule has 0 aliphatic carbocycles. The minimum atomic E-state index is -0.0675. The van der Waals surface area contributed by atoms with Gasteiger partial charge in [0.25, 0.3) is 5.91 Å². The van der Waals surface area contributed by atoms with Gasteiger partial charge in [-0.3, -0.25) is 9.69 Å². The van der Waals surface area contributed by atoms with E-state index in [1.54, 1.807) is 28.8 Å². The molecule has 0 spiro atoms. The third-order valence-corrected chi connectivity index (χ3v) is 6.02. The van der Waals surface area contributed by atoms with Crippen molar-refractivity contribution >= 4 is 45.0 Å². The Morgan fingerprint density at radius 1 is 1.30 bits per heavy atom. The molecule has 6 nitrogen and oxygen atoms in total. The highest BCUT2D eigenvalue weighted by Gasteiger charge is 2.24. The molecular weight excluding hydrogens is 420 g/mol. The van der Waals surface area contributed by atoms with E-state index in [1.807, 2.05) is 30.7 Å². The predicted octanol–water partition coefficient (Wildman–Crippen LogP) is 5.42. The molecule has 4 aromatic rings. The van der Waals surface area contributed by atoms with Crippen LogP contribution in [0.15, 0.2) is 47.4 Å². The average Bonchev–Trinajstić information content (AvgIpc) is 3.44. The number of nitrogens with zero attached hydrogens (tertiary/aromatic N) is 4. The normalized spacial score (nSPS) is 10.9. The van der Waals surface area contributed by atoms with Crippen LogP contribution in [0.3, 0.4) is 0 Å². The van der Waals surface area contributed by atoms with Crippen LogP contribution in [0.1, 0.15) is 40.8 Å². The van der Waals surface area contributed by atoms with Gasteiger partial charge in [0, 0.05) is 25.5 Å².